The molecule has 2 heterocycles. The number of carbonyl (C=O) groups excluding carboxylic acids is 1. The number of morpholine rings is 1. The molecule has 0 aromatic heterocycles. The Hall–Kier alpha value is -2.70. The van der Waals surface area contributed by atoms with E-state index in [-0.39, 0.29) is 11.6 Å². The second-order valence-electron chi connectivity index (χ2n) is 9.55. The highest BCUT2D eigenvalue weighted by Gasteiger charge is 2.42. The molecule has 1 aromatic carbocycles. The van der Waals surface area contributed by atoms with Crippen molar-refractivity contribution >= 4 is 23.4 Å². The van der Waals surface area contributed by atoms with E-state index in [0.29, 0.717) is 30.6 Å². The first kappa shape index (κ1) is 23.5. The van der Waals surface area contributed by atoms with Gasteiger partial charge in [0.25, 0.3) is 0 Å². The summed E-state index contributed by atoms with van der Waals surface area (Å²) >= 11 is 0. The fraction of sp³-hybridized carbons (Fsp3) is 0.481. The second kappa shape index (κ2) is 10.1. The Morgan fingerprint density at radius 3 is 2.73 bits per heavy atom. The van der Waals surface area contributed by atoms with Gasteiger partial charge >= 0.3 is 0 Å². The average Bonchev–Trinajstić information content (AvgIpc) is 2.81. The summed E-state index contributed by atoms with van der Waals surface area (Å²) in [7, 11) is 0. The summed E-state index contributed by atoms with van der Waals surface area (Å²) in [6, 6.07) is 8.96. The average molecular weight is 449 g/mol. The molecule has 0 radical (unpaired) electrons. The van der Waals surface area contributed by atoms with Crippen molar-refractivity contribution in [2.24, 2.45) is 11.1 Å². The number of hydrogen-bond donors (Lipinski definition) is 3. The summed E-state index contributed by atoms with van der Waals surface area (Å²) in [4.78, 5) is 16.2. The van der Waals surface area contributed by atoms with Gasteiger partial charge in [0.2, 0.25) is 0 Å². The Morgan fingerprint density at radius 2 is 1.97 bits per heavy atom. The van der Waals surface area contributed by atoms with Gasteiger partial charge in [-0.3, -0.25) is 15.1 Å². The van der Waals surface area contributed by atoms with Gasteiger partial charge in [0.1, 0.15) is 11.3 Å². The number of rotatable bonds is 8. The number of hydrogen-bond acceptors (Lipinski definition) is 5. The predicted octanol–water partition coefficient (Wildman–Crippen LogP) is 4.15. The van der Waals surface area contributed by atoms with Crippen LogP contribution >= 0.6 is 0 Å². The first-order valence-electron chi connectivity index (χ1n) is 12.1. The van der Waals surface area contributed by atoms with Gasteiger partial charge in [0, 0.05) is 29.9 Å². The van der Waals surface area contributed by atoms with Gasteiger partial charge in [0.05, 0.1) is 13.2 Å². The highest BCUT2D eigenvalue weighted by molar-refractivity contribution is 6.19. The van der Waals surface area contributed by atoms with Crippen molar-refractivity contribution in [1.29, 1.82) is 5.41 Å². The summed E-state index contributed by atoms with van der Waals surface area (Å²) in [5.74, 6) is -0.116. The van der Waals surface area contributed by atoms with Crippen molar-refractivity contribution < 1.29 is 9.53 Å². The summed E-state index contributed by atoms with van der Waals surface area (Å²) < 4.78 is 5.62. The predicted molar refractivity (Wildman–Crippen MR) is 134 cm³/mol. The number of Topliss-reactive ketones (excluding diaryl/α,β-unsaturated/α-hetero) is 1. The van der Waals surface area contributed by atoms with Crippen molar-refractivity contribution in [2.75, 3.05) is 31.6 Å². The second-order valence-corrected chi connectivity index (χ2v) is 9.55. The number of benzene rings is 1. The third-order valence-electron chi connectivity index (χ3n) is 7.22. The van der Waals surface area contributed by atoms with Gasteiger partial charge < -0.3 is 15.8 Å². The van der Waals surface area contributed by atoms with Crippen LogP contribution in [0, 0.1) is 10.8 Å². The first-order valence-corrected chi connectivity index (χ1v) is 12.1. The Bertz CT molecular complexity index is 986. The van der Waals surface area contributed by atoms with Crippen molar-refractivity contribution in [2.45, 2.75) is 51.6 Å². The maximum atomic E-state index is 13.7. The molecule has 0 amide bonds. The molecule has 4 N–H and O–H groups in total. The highest BCUT2D eigenvalue weighted by atomic mass is 16.5. The lowest BCUT2D eigenvalue weighted by Gasteiger charge is -2.38. The molecule has 6 heteroatoms. The molecule has 1 aromatic rings. The van der Waals surface area contributed by atoms with Crippen molar-refractivity contribution in [3.63, 3.8) is 0 Å². The van der Waals surface area contributed by atoms with Crippen LogP contribution in [0.2, 0.25) is 0 Å². The molecule has 33 heavy (non-hydrogen) atoms. The summed E-state index contributed by atoms with van der Waals surface area (Å²) in [6.45, 7) is 7.64. The number of unbranched alkanes of at least 4 members (excludes halogenated alkanes) is 2. The largest absolute Gasteiger partial charge is 0.387 e. The van der Waals surface area contributed by atoms with Crippen molar-refractivity contribution in [3.8, 4) is 0 Å². The highest BCUT2D eigenvalue weighted by Crippen LogP contribution is 2.38. The number of carbonyl (C=O) groups is 1. The molecule has 3 aliphatic rings. The number of ether oxygens (including phenoxy) is 1. The number of nitrogens with one attached hydrogen (secondary N) is 2. The third kappa shape index (κ3) is 4.82. The Kier molecular flexibility index (Phi) is 7.15. The molecule has 0 spiro atoms. The number of nitrogens with two attached hydrogens (primary N) is 1. The molecule has 1 fully saturated rings. The topological polar surface area (TPSA) is 91.4 Å². The number of ketones is 1. The maximum absolute atomic E-state index is 13.7. The van der Waals surface area contributed by atoms with Crippen LogP contribution < -0.4 is 11.1 Å². The zero-order valence-electron chi connectivity index (χ0n) is 19.8. The molecule has 3 atom stereocenters. The van der Waals surface area contributed by atoms with Crippen LogP contribution in [-0.4, -0.2) is 54.9 Å². The molecule has 1 saturated heterocycles. The minimum absolute atomic E-state index is 0.0552. The van der Waals surface area contributed by atoms with Gasteiger partial charge in [-0.15, -0.1) is 0 Å². The van der Waals surface area contributed by atoms with Crippen LogP contribution in [0.5, 0.6) is 0 Å². The summed E-state index contributed by atoms with van der Waals surface area (Å²) in [5.41, 5.74) is 8.76. The lowest BCUT2D eigenvalue weighted by Crippen LogP contribution is -2.49. The van der Waals surface area contributed by atoms with Crippen LogP contribution in [-0.2, 0) is 9.53 Å². The van der Waals surface area contributed by atoms with Crippen LogP contribution in [0.1, 0.15) is 45.1 Å². The number of amidine groups is 1. The number of para-hydroxylation sites is 1. The lowest BCUT2D eigenvalue weighted by atomic mass is 9.71. The lowest BCUT2D eigenvalue weighted by molar-refractivity contribution is -0.120. The van der Waals surface area contributed by atoms with E-state index in [1.165, 1.54) is 0 Å². The van der Waals surface area contributed by atoms with Gasteiger partial charge in [-0.05, 0) is 56.5 Å². The Labute approximate surface area is 197 Å². The summed E-state index contributed by atoms with van der Waals surface area (Å²) in [5, 5.41) is 11.7. The fourth-order valence-electron chi connectivity index (χ4n) is 5.23. The van der Waals surface area contributed by atoms with Gasteiger partial charge in [-0.2, -0.15) is 0 Å². The van der Waals surface area contributed by atoms with E-state index in [0.717, 1.165) is 55.8 Å². The molecule has 0 bridgehead atoms. The summed E-state index contributed by atoms with van der Waals surface area (Å²) in [6.07, 6.45) is 11.2. The number of nitrogens with zero attached hydrogens (tertiary/aromatic N) is 1. The molecule has 1 aliphatic carbocycles. The van der Waals surface area contributed by atoms with Crippen LogP contribution in [0.15, 0.2) is 53.6 Å². The van der Waals surface area contributed by atoms with Crippen LogP contribution in [0.25, 0.3) is 6.08 Å². The van der Waals surface area contributed by atoms with Gasteiger partial charge in [-0.25, -0.2) is 0 Å². The zero-order chi connectivity index (χ0) is 23.4. The SMILES string of the molecule is CC1COCC(C)N1CCCCCC1(C(=N)N)C=CC=C(C2=Cc3ccccc3NC2)C1=O. The Balaban J connectivity index is 1.40. The van der Waals surface area contributed by atoms with Crippen molar-refractivity contribution in [1.82, 2.24) is 4.90 Å². The monoisotopic (exact) mass is 448 g/mol. The molecule has 0 saturated carbocycles. The van der Waals surface area contributed by atoms with E-state index >= 15 is 0 Å². The van der Waals surface area contributed by atoms with E-state index in [1.54, 1.807) is 0 Å². The molecule has 4 rings (SSSR count). The minimum Gasteiger partial charge on any atom is -0.387 e. The van der Waals surface area contributed by atoms with Crippen LogP contribution in [0.3, 0.4) is 0 Å². The number of allylic oxidation sites excluding steroid dienone is 2. The smallest absolute Gasteiger partial charge is 0.180 e. The fourth-order valence-corrected chi connectivity index (χ4v) is 5.23. The van der Waals surface area contributed by atoms with Gasteiger partial charge in [-0.1, -0.05) is 49.3 Å². The number of fused-ring (bicyclic) bond motifs is 1. The van der Waals surface area contributed by atoms with Crippen LogP contribution in [0.4, 0.5) is 5.69 Å². The molecule has 3 unspecified atom stereocenters. The van der Waals surface area contributed by atoms with Crippen molar-refractivity contribution in [3.05, 3.63) is 59.2 Å². The quantitative estimate of drug-likeness (QED) is 0.316. The number of anilines is 1. The molecule has 176 valence electrons. The standard InChI is InChI=1S/C27H36N4O2/c1-19-17-33-18-20(2)31(19)14-7-3-6-12-27(26(28)29)13-8-10-23(25(27)32)22-15-21-9-4-5-11-24(21)30-16-22/h4-5,8-11,13,15,19-20,30H,3,6-7,12,14,16-18H2,1-2H3,(H3,28,29). The molecular weight excluding hydrogens is 412 g/mol. The van der Waals surface area contributed by atoms with E-state index in [2.05, 4.69) is 30.1 Å². The van der Waals surface area contributed by atoms with E-state index < -0.39 is 5.41 Å². The molecule has 2 aliphatic heterocycles. The van der Waals surface area contributed by atoms with E-state index in [1.807, 2.05) is 42.5 Å². The zero-order valence-corrected chi connectivity index (χ0v) is 19.8. The van der Waals surface area contributed by atoms with Gasteiger partial charge in [0.15, 0.2) is 5.78 Å². The normalized spacial score (nSPS) is 27.4. The minimum atomic E-state index is -1.04. The third-order valence-corrected chi connectivity index (χ3v) is 7.22. The van der Waals surface area contributed by atoms with E-state index in [9.17, 15) is 4.79 Å². The van der Waals surface area contributed by atoms with E-state index in [4.69, 9.17) is 15.9 Å². The molecule has 6 nitrogen and oxygen atoms in total. The maximum Gasteiger partial charge on any atom is 0.180 e. The Morgan fingerprint density at radius 1 is 1.21 bits per heavy atom. The molecular formula is C27H36N4O2. The first-order chi connectivity index (χ1) is 15.9.